The number of aromatic nitrogens is 3. The van der Waals surface area contributed by atoms with E-state index in [2.05, 4.69) is 15.4 Å². The second kappa shape index (κ2) is 5.14. The highest BCUT2D eigenvalue weighted by molar-refractivity contribution is 7.91. The van der Waals surface area contributed by atoms with E-state index < -0.39 is 9.84 Å². The molecule has 7 heteroatoms. The summed E-state index contributed by atoms with van der Waals surface area (Å²) in [5, 5.41) is 7.75. The maximum atomic E-state index is 13.0. The lowest BCUT2D eigenvalue weighted by Gasteiger charge is -2.17. The van der Waals surface area contributed by atoms with Crippen molar-refractivity contribution in [1.82, 2.24) is 19.9 Å². The molecule has 1 aliphatic rings. The topological polar surface area (TPSA) is 76.4 Å². The van der Waals surface area contributed by atoms with Crippen molar-refractivity contribution >= 4 is 15.5 Å². The van der Waals surface area contributed by atoms with E-state index in [0.717, 1.165) is 24.2 Å². The van der Waals surface area contributed by atoms with Gasteiger partial charge in [-0.25, -0.2) is 17.9 Å². The Morgan fingerprint density at radius 3 is 2.78 bits per heavy atom. The number of hydrogen-bond donors (Lipinski definition) is 1. The lowest BCUT2D eigenvalue weighted by molar-refractivity contribution is 0.595. The van der Waals surface area contributed by atoms with Crippen LogP contribution in [0.1, 0.15) is 17.0 Å². The molecule has 0 bridgehead atoms. The summed E-state index contributed by atoms with van der Waals surface area (Å²) in [5.74, 6) is 0. The van der Waals surface area contributed by atoms with Crippen molar-refractivity contribution < 1.29 is 8.42 Å². The van der Waals surface area contributed by atoms with E-state index in [4.69, 9.17) is 0 Å². The molecule has 0 aliphatic carbocycles. The van der Waals surface area contributed by atoms with E-state index in [0.29, 0.717) is 17.9 Å². The zero-order chi connectivity index (χ0) is 16.0. The largest absolute Gasteiger partial charge is 0.311 e. The molecule has 0 unspecified atom stereocenters. The van der Waals surface area contributed by atoms with E-state index in [-0.39, 0.29) is 9.79 Å². The SMILES string of the molecule is Cc1nn2c3c(cnc2c1S(=O)(=O)c1ccccc1)CCNC3. The summed E-state index contributed by atoms with van der Waals surface area (Å²) in [7, 11) is -3.65. The first kappa shape index (κ1) is 14.3. The van der Waals surface area contributed by atoms with Gasteiger partial charge < -0.3 is 5.32 Å². The Morgan fingerprint density at radius 2 is 2.00 bits per heavy atom. The van der Waals surface area contributed by atoms with Crippen LogP contribution in [0.25, 0.3) is 5.65 Å². The van der Waals surface area contributed by atoms with Crippen LogP contribution in [0.5, 0.6) is 0 Å². The number of nitrogens with one attached hydrogen (secondary N) is 1. The fourth-order valence-electron chi connectivity index (χ4n) is 3.01. The first-order valence-corrected chi connectivity index (χ1v) is 8.94. The molecule has 0 atom stereocenters. The summed E-state index contributed by atoms with van der Waals surface area (Å²) in [6.07, 6.45) is 2.65. The summed E-state index contributed by atoms with van der Waals surface area (Å²) >= 11 is 0. The van der Waals surface area contributed by atoms with Crippen LogP contribution in [0.4, 0.5) is 0 Å². The molecule has 2 aromatic heterocycles. The van der Waals surface area contributed by atoms with Crippen molar-refractivity contribution in [2.75, 3.05) is 6.54 Å². The van der Waals surface area contributed by atoms with Crippen LogP contribution in [-0.4, -0.2) is 29.6 Å². The molecule has 0 saturated heterocycles. The van der Waals surface area contributed by atoms with Crippen molar-refractivity contribution in [3.05, 3.63) is 53.5 Å². The summed E-state index contributed by atoms with van der Waals surface area (Å²) in [5.41, 5.74) is 2.97. The summed E-state index contributed by atoms with van der Waals surface area (Å²) in [6.45, 7) is 3.28. The van der Waals surface area contributed by atoms with Crippen LogP contribution >= 0.6 is 0 Å². The van der Waals surface area contributed by atoms with E-state index in [1.807, 2.05) is 0 Å². The molecule has 1 aromatic carbocycles. The first-order valence-electron chi connectivity index (χ1n) is 7.46. The molecule has 0 spiro atoms. The maximum absolute atomic E-state index is 13.0. The van der Waals surface area contributed by atoms with Crippen molar-refractivity contribution in [2.24, 2.45) is 0 Å². The highest BCUT2D eigenvalue weighted by Gasteiger charge is 2.28. The monoisotopic (exact) mass is 328 g/mol. The van der Waals surface area contributed by atoms with Crippen LogP contribution < -0.4 is 5.32 Å². The molecular formula is C16H16N4O2S. The van der Waals surface area contributed by atoms with Crippen molar-refractivity contribution in [2.45, 2.75) is 29.7 Å². The van der Waals surface area contributed by atoms with Crippen LogP contribution in [0.3, 0.4) is 0 Å². The van der Waals surface area contributed by atoms with E-state index >= 15 is 0 Å². The molecule has 0 saturated carbocycles. The summed E-state index contributed by atoms with van der Waals surface area (Å²) < 4.78 is 27.7. The predicted molar refractivity (Wildman–Crippen MR) is 85.0 cm³/mol. The average Bonchev–Trinajstić information content (AvgIpc) is 2.93. The minimum atomic E-state index is -3.65. The highest BCUT2D eigenvalue weighted by atomic mass is 32.2. The van der Waals surface area contributed by atoms with Gasteiger partial charge in [0.2, 0.25) is 9.84 Å². The number of rotatable bonds is 2. The van der Waals surface area contributed by atoms with Gasteiger partial charge in [0.25, 0.3) is 0 Å². The lowest BCUT2D eigenvalue weighted by atomic mass is 10.1. The fourth-order valence-corrected chi connectivity index (χ4v) is 4.57. The third-order valence-electron chi connectivity index (χ3n) is 4.14. The van der Waals surface area contributed by atoms with Gasteiger partial charge in [-0.1, -0.05) is 18.2 Å². The van der Waals surface area contributed by atoms with Crippen molar-refractivity contribution in [3.63, 3.8) is 0 Å². The molecular weight excluding hydrogens is 312 g/mol. The molecule has 4 rings (SSSR count). The van der Waals surface area contributed by atoms with Crippen LogP contribution in [0, 0.1) is 6.92 Å². The average molecular weight is 328 g/mol. The van der Waals surface area contributed by atoms with E-state index in [9.17, 15) is 8.42 Å². The molecule has 0 fully saturated rings. The molecule has 6 nitrogen and oxygen atoms in total. The number of fused-ring (bicyclic) bond motifs is 3. The zero-order valence-electron chi connectivity index (χ0n) is 12.7. The second-order valence-electron chi connectivity index (χ2n) is 5.62. The molecule has 3 heterocycles. The number of sulfone groups is 1. The standard InChI is InChI=1S/C16H16N4O2S/c1-11-15(23(21,22)13-5-3-2-4-6-13)16-18-9-12-7-8-17-10-14(12)20(16)19-11/h2-6,9,17H,7-8,10H2,1H3. The Hall–Kier alpha value is -2.25. The quantitative estimate of drug-likeness (QED) is 0.772. The number of hydrogen-bond acceptors (Lipinski definition) is 5. The molecule has 118 valence electrons. The van der Waals surface area contributed by atoms with Gasteiger partial charge in [-0.15, -0.1) is 0 Å². The van der Waals surface area contributed by atoms with Crippen molar-refractivity contribution in [3.8, 4) is 0 Å². The first-order chi connectivity index (χ1) is 11.1. The third-order valence-corrected chi connectivity index (χ3v) is 6.05. The normalized spacial score (nSPS) is 14.8. The maximum Gasteiger partial charge on any atom is 0.212 e. The Balaban J connectivity index is 2.00. The number of benzene rings is 1. The fraction of sp³-hybridized carbons (Fsp3) is 0.250. The van der Waals surface area contributed by atoms with Gasteiger partial charge in [0.15, 0.2) is 5.65 Å². The zero-order valence-corrected chi connectivity index (χ0v) is 13.5. The van der Waals surface area contributed by atoms with Crippen LogP contribution in [-0.2, 0) is 22.8 Å². The molecule has 23 heavy (non-hydrogen) atoms. The summed E-state index contributed by atoms with van der Waals surface area (Å²) in [6, 6.07) is 8.42. The minimum Gasteiger partial charge on any atom is -0.311 e. The smallest absolute Gasteiger partial charge is 0.212 e. The lowest BCUT2D eigenvalue weighted by Crippen LogP contribution is -2.26. The van der Waals surface area contributed by atoms with Gasteiger partial charge >= 0.3 is 0 Å². The molecule has 3 aromatic rings. The highest BCUT2D eigenvalue weighted by Crippen LogP contribution is 2.28. The Kier molecular flexibility index (Phi) is 3.21. The number of aryl methyl sites for hydroxylation is 1. The van der Waals surface area contributed by atoms with Crippen molar-refractivity contribution in [1.29, 1.82) is 0 Å². The Morgan fingerprint density at radius 1 is 1.22 bits per heavy atom. The second-order valence-corrected chi connectivity index (χ2v) is 7.51. The molecule has 1 aliphatic heterocycles. The third kappa shape index (κ3) is 2.15. The van der Waals surface area contributed by atoms with Crippen LogP contribution in [0.2, 0.25) is 0 Å². The Bertz CT molecular complexity index is 994. The van der Waals surface area contributed by atoms with Crippen LogP contribution in [0.15, 0.2) is 46.3 Å². The molecule has 0 radical (unpaired) electrons. The van der Waals surface area contributed by atoms with E-state index in [1.165, 1.54) is 0 Å². The van der Waals surface area contributed by atoms with E-state index in [1.54, 1.807) is 48.0 Å². The van der Waals surface area contributed by atoms with Gasteiger partial charge in [-0.2, -0.15) is 5.10 Å². The predicted octanol–water partition coefficient (Wildman–Crippen LogP) is 1.52. The van der Waals surface area contributed by atoms with Gasteiger partial charge in [-0.05, 0) is 37.6 Å². The number of nitrogens with zero attached hydrogens (tertiary/aromatic N) is 3. The van der Waals surface area contributed by atoms with Gasteiger partial charge in [0.1, 0.15) is 4.90 Å². The van der Waals surface area contributed by atoms with Gasteiger partial charge in [0, 0.05) is 12.7 Å². The van der Waals surface area contributed by atoms with Gasteiger partial charge in [-0.3, -0.25) is 0 Å². The minimum absolute atomic E-state index is 0.192. The molecule has 0 amide bonds. The van der Waals surface area contributed by atoms with Gasteiger partial charge in [0.05, 0.1) is 16.3 Å². The molecule has 1 N–H and O–H groups in total. The summed E-state index contributed by atoms with van der Waals surface area (Å²) in [4.78, 5) is 4.85. The Labute approximate surface area is 134 Å².